The fourth-order valence-corrected chi connectivity index (χ4v) is 1.18. The molecule has 0 spiro atoms. The molecule has 0 saturated carbocycles. The molecule has 0 aliphatic rings. The zero-order valence-electron chi connectivity index (χ0n) is 6.13. The molecule has 0 aromatic rings. The van der Waals surface area contributed by atoms with Crippen LogP contribution in [0.15, 0.2) is 0 Å². The SMILES string of the molecule is COS(=O)(=O)CCOS(=O)(=O)O. The van der Waals surface area contributed by atoms with Gasteiger partial charge in [-0.15, -0.1) is 0 Å². The summed E-state index contributed by atoms with van der Waals surface area (Å²) < 4.78 is 56.5. The predicted octanol–water partition coefficient (Wildman–Crippen LogP) is -1.22. The second-order valence-electron chi connectivity index (χ2n) is 1.68. The molecule has 9 heteroatoms. The van der Waals surface area contributed by atoms with Crippen LogP contribution in [-0.4, -0.2) is 40.9 Å². The fourth-order valence-electron chi connectivity index (χ4n) is 0.325. The molecule has 12 heavy (non-hydrogen) atoms. The third kappa shape index (κ3) is 6.49. The van der Waals surface area contributed by atoms with E-state index in [9.17, 15) is 16.8 Å². The highest BCUT2D eigenvalue weighted by Gasteiger charge is 2.11. The Labute approximate surface area is 70.4 Å². The van der Waals surface area contributed by atoms with Crippen LogP contribution in [0.25, 0.3) is 0 Å². The van der Waals surface area contributed by atoms with Gasteiger partial charge in [0.2, 0.25) is 0 Å². The fraction of sp³-hybridized carbons (Fsp3) is 1.00. The van der Waals surface area contributed by atoms with E-state index in [1.807, 2.05) is 0 Å². The first kappa shape index (κ1) is 11.8. The summed E-state index contributed by atoms with van der Waals surface area (Å²) in [7, 11) is -7.38. The van der Waals surface area contributed by atoms with Gasteiger partial charge in [-0.2, -0.15) is 16.8 Å². The van der Waals surface area contributed by atoms with E-state index in [1.54, 1.807) is 0 Å². The van der Waals surface area contributed by atoms with Gasteiger partial charge >= 0.3 is 10.4 Å². The summed E-state index contributed by atoms with van der Waals surface area (Å²) in [5.41, 5.74) is 0. The largest absolute Gasteiger partial charge is 0.397 e. The molecule has 0 heterocycles. The summed E-state index contributed by atoms with van der Waals surface area (Å²) in [4.78, 5) is 0. The molecule has 0 fully saturated rings. The van der Waals surface area contributed by atoms with Gasteiger partial charge < -0.3 is 0 Å². The Morgan fingerprint density at radius 2 is 1.75 bits per heavy atom. The molecule has 0 aliphatic heterocycles. The maximum atomic E-state index is 10.5. The van der Waals surface area contributed by atoms with Crippen molar-refractivity contribution in [1.82, 2.24) is 0 Å². The van der Waals surface area contributed by atoms with E-state index in [-0.39, 0.29) is 0 Å². The van der Waals surface area contributed by atoms with E-state index in [0.717, 1.165) is 7.11 Å². The van der Waals surface area contributed by atoms with Gasteiger partial charge in [0.05, 0.1) is 13.7 Å². The van der Waals surface area contributed by atoms with Crippen LogP contribution in [-0.2, 0) is 28.9 Å². The lowest BCUT2D eigenvalue weighted by Crippen LogP contribution is -2.15. The van der Waals surface area contributed by atoms with Gasteiger partial charge in [0.25, 0.3) is 10.1 Å². The first-order chi connectivity index (χ1) is 5.27. The molecule has 0 rings (SSSR count). The minimum Gasteiger partial charge on any atom is -0.273 e. The Morgan fingerprint density at radius 1 is 1.25 bits per heavy atom. The standard InChI is InChI=1S/C3H8O7S2/c1-9-11(4,5)3-2-10-12(6,7)8/h2-3H2,1H3,(H,6,7,8). The molecule has 1 N–H and O–H groups in total. The van der Waals surface area contributed by atoms with Crippen LogP contribution in [0.4, 0.5) is 0 Å². The molecule has 0 radical (unpaired) electrons. The van der Waals surface area contributed by atoms with Gasteiger partial charge in [-0.1, -0.05) is 0 Å². The highest BCUT2D eigenvalue weighted by Crippen LogP contribution is 1.92. The van der Waals surface area contributed by atoms with Crippen molar-refractivity contribution in [3.63, 3.8) is 0 Å². The number of hydrogen-bond donors (Lipinski definition) is 1. The Kier molecular flexibility index (Phi) is 4.06. The van der Waals surface area contributed by atoms with Crippen LogP contribution in [0.3, 0.4) is 0 Å². The molecular formula is C3H8O7S2. The first-order valence-corrected chi connectivity index (χ1v) is 5.61. The average Bonchev–Trinajstić information content (AvgIpc) is 1.84. The first-order valence-electron chi connectivity index (χ1n) is 2.67. The van der Waals surface area contributed by atoms with Gasteiger partial charge in [0.15, 0.2) is 0 Å². The maximum absolute atomic E-state index is 10.5. The molecule has 0 aromatic heterocycles. The van der Waals surface area contributed by atoms with Crippen molar-refractivity contribution in [3.05, 3.63) is 0 Å². The summed E-state index contributed by atoms with van der Waals surface area (Å²) >= 11 is 0. The third-order valence-electron chi connectivity index (χ3n) is 0.820. The van der Waals surface area contributed by atoms with Crippen molar-refractivity contribution >= 4 is 20.5 Å². The molecular weight excluding hydrogens is 212 g/mol. The lowest BCUT2D eigenvalue weighted by molar-refractivity contribution is 0.280. The minimum absolute atomic E-state index is 0.636. The van der Waals surface area contributed by atoms with E-state index in [4.69, 9.17) is 4.55 Å². The van der Waals surface area contributed by atoms with E-state index in [2.05, 4.69) is 8.37 Å². The summed E-state index contributed by atoms with van der Waals surface area (Å²) in [5, 5.41) is 0. The molecule has 0 atom stereocenters. The van der Waals surface area contributed by atoms with E-state index < -0.39 is 32.9 Å². The van der Waals surface area contributed by atoms with Crippen LogP contribution < -0.4 is 0 Å². The molecule has 0 saturated heterocycles. The van der Waals surface area contributed by atoms with E-state index in [1.165, 1.54) is 0 Å². The van der Waals surface area contributed by atoms with Crippen LogP contribution in [0, 0.1) is 0 Å². The molecule has 7 nitrogen and oxygen atoms in total. The van der Waals surface area contributed by atoms with Gasteiger partial charge in [0, 0.05) is 0 Å². The zero-order valence-corrected chi connectivity index (χ0v) is 7.76. The minimum atomic E-state index is -4.57. The summed E-state index contributed by atoms with van der Waals surface area (Å²) in [5.74, 6) is -0.636. The lowest BCUT2D eigenvalue weighted by atomic mass is 10.9. The van der Waals surface area contributed by atoms with Crippen LogP contribution in [0.2, 0.25) is 0 Å². The molecule has 0 amide bonds. The second-order valence-corrected chi connectivity index (χ2v) is 4.63. The van der Waals surface area contributed by atoms with Crippen LogP contribution >= 0.6 is 0 Å². The normalized spacial score (nSPS) is 13.2. The molecule has 0 unspecified atom stereocenters. The van der Waals surface area contributed by atoms with Crippen molar-refractivity contribution in [2.45, 2.75) is 0 Å². The smallest absolute Gasteiger partial charge is 0.273 e. The summed E-state index contributed by atoms with van der Waals surface area (Å²) in [6.45, 7) is -0.672. The summed E-state index contributed by atoms with van der Waals surface area (Å²) in [6.07, 6.45) is 0. The van der Waals surface area contributed by atoms with Crippen molar-refractivity contribution in [1.29, 1.82) is 0 Å². The van der Waals surface area contributed by atoms with Crippen LogP contribution in [0.1, 0.15) is 0 Å². The Morgan fingerprint density at radius 3 is 2.08 bits per heavy atom. The topological polar surface area (TPSA) is 107 Å². The van der Waals surface area contributed by atoms with Crippen molar-refractivity contribution < 1.29 is 29.8 Å². The van der Waals surface area contributed by atoms with E-state index in [0.29, 0.717) is 0 Å². The third-order valence-corrected chi connectivity index (χ3v) is 2.46. The molecule has 0 bridgehead atoms. The molecule has 0 aromatic carbocycles. The second kappa shape index (κ2) is 4.14. The van der Waals surface area contributed by atoms with Crippen molar-refractivity contribution in [3.8, 4) is 0 Å². The van der Waals surface area contributed by atoms with Crippen molar-refractivity contribution in [2.75, 3.05) is 19.5 Å². The van der Waals surface area contributed by atoms with Gasteiger partial charge in [-0.25, -0.2) is 4.18 Å². The zero-order chi connectivity index (χ0) is 9.83. The van der Waals surface area contributed by atoms with E-state index >= 15 is 0 Å². The number of rotatable bonds is 5. The van der Waals surface area contributed by atoms with Crippen molar-refractivity contribution in [2.24, 2.45) is 0 Å². The maximum Gasteiger partial charge on any atom is 0.397 e. The predicted molar refractivity (Wildman–Crippen MR) is 38.3 cm³/mol. The highest BCUT2D eigenvalue weighted by atomic mass is 32.3. The quantitative estimate of drug-likeness (QED) is 0.457. The highest BCUT2D eigenvalue weighted by molar-refractivity contribution is 7.86. The van der Waals surface area contributed by atoms with Gasteiger partial charge in [0.1, 0.15) is 5.75 Å². The number of hydrogen-bond acceptors (Lipinski definition) is 6. The average molecular weight is 220 g/mol. The van der Waals surface area contributed by atoms with Gasteiger partial charge in [-0.3, -0.25) is 8.74 Å². The van der Waals surface area contributed by atoms with Gasteiger partial charge in [-0.05, 0) is 0 Å². The Bertz CT molecular complexity index is 311. The monoisotopic (exact) mass is 220 g/mol. The molecule has 0 aliphatic carbocycles. The Hall–Kier alpha value is -0.220. The Balaban J connectivity index is 3.89. The summed E-state index contributed by atoms with van der Waals surface area (Å²) in [6, 6.07) is 0. The molecule has 74 valence electrons. The van der Waals surface area contributed by atoms with Crippen LogP contribution in [0.5, 0.6) is 0 Å². The lowest BCUT2D eigenvalue weighted by Gasteiger charge is -1.99.